The van der Waals surface area contributed by atoms with Gasteiger partial charge in [-0.1, -0.05) is 5.21 Å². The van der Waals surface area contributed by atoms with Crippen LogP contribution in [0.25, 0.3) is 0 Å². The third kappa shape index (κ3) is 8.50. The van der Waals surface area contributed by atoms with Crippen molar-refractivity contribution in [3.05, 3.63) is 11.4 Å². The maximum atomic E-state index is 12.6. The van der Waals surface area contributed by atoms with Crippen molar-refractivity contribution in [1.82, 2.24) is 15.0 Å². The Morgan fingerprint density at radius 1 is 0.800 bits per heavy atom. The molecule has 0 spiro atoms. The number of nitrogens with zero attached hydrogens (tertiary/aromatic N) is 3. The lowest BCUT2D eigenvalue weighted by Gasteiger charge is -2.44. The molecule has 5 atom stereocenters. The van der Waals surface area contributed by atoms with E-state index in [9.17, 15) is 28.8 Å². The summed E-state index contributed by atoms with van der Waals surface area (Å²) in [5.74, 6) is -0.506. The molecule has 0 aliphatic carbocycles. The summed E-state index contributed by atoms with van der Waals surface area (Å²) < 4.78 is 37.9. The van der Waals surface area contributed by atoms with Crippen molar-refractivity contribution in [2.24, 2.45) is 0 Å². The molecule has 0 saturated carbocycles. The van der Waals surface area contributed by atoms with Crippen molar-refractivity contribution in [2.75, 3.05) is 19.8 Å². The number of rotatable bonds is 9. The number of carbonyl (C=O) groups is 6. The highest BCUT2D eigenvalue weighted by Crippen LogP contribution is 2.35. The van der Waals surface area contributed by atoms with Crippen LogP contribution >= 0.6 is 0 Å². The van der Waals surface area contributed by atoms with E-state index in [4.69, 9.17) is 33.2 Å². The summed E-state index contributed by atoms with van der Waals surface area (Å²) in [5.41, 5.74) is -0.737. The van der Waals surface area contributed by atoms with Crippen LogP contribution in [0.15, 0.2) is 0 Å². The van der Waals surface area contributed by atoms with Crippen LogP contribution in [0, 0.1) is 11.8 Å². The molecule has 0 N–H and O–H groups in total. The molecule has 1 aromatic rings. The van der Waals surface area contributed by atoms with Gasteiger partial charge in [0.15, 0.2) is 24.5 Å². The quantitative estimate of drug-likeness (QED) is 0.212. The summed E-state index contributed by atoms with van der Waals surface area (Å²) in [5, 5.41) is 7.68. The fourth-order valence-electron chi connectivity index (χ4n) is 3.60. The Balaban J connectivity index is 2.76. The second-order valence-electron chi connectivity index (χ2n) is 8.01. The molecule has 16 heteroatoms. The van der Waals surface area contributed by atoms with Gasteiger partial charge >= 0.3 is 35.8 Å². The maximum Gasteiger partial charge on any atom is 0.384 e. The van der Waals surface area contributed by atoms with Gasteiger partial charge < -0.3 is 33.2 Å². The standard InChI is InChI=1S/C24H29N3O13/c1-7-34-18(32)10-9-16-19(24(33)35-8-2)25-26-27(16)23-22(39-15(6)31)21(38-14(5)30)20(37-13(4)29)17(40-23)11-36-12(3)28/h17,20-23H,7-8,11H2,1-6H3/t17-,20-,21+,22-,23-/m1/s1. The topological polar surface area (TPSA) is 198 Å². The zero-order valence-corrected chi connectivity index (χ0v) is 22.7. The molecule has 0 amide bonds. The van der Waals surface area contributed by atoms with Crippen LogP contribution in [-0.4, -0.2) is 95.0 Å². The molecule has 40 heavy (non-hydrogen) atoms. The molecule has 0 radical (unpaired) electrons. The van der Waals surface area contributed by atoms with Gasteiger partial charge in [0.05, 0.1) is 13.2 Å². The van der Waals surface area contributed by atoms with Gasteiger partial charge in [0.2, 0.25) is 5.69 Å². The fourth-order valence-corrected chi connectivity index (χ4v) is 3.60. The molecule has 2 heterocycles. The molecule has 0 unspecified atom stereocenters. The molecule has 16 nitrogen and oxygen atoms in total. The van der Waals surface area contributed by atoms with Crippen LogP contribution in [0.5, 0.6) is 0 Å². The normalized spacial score (nSPS) is 21.6. The van der Waals surface area contributed by atoms with Crippen molar-refractivity contribution in [3.63, 3.8) is 0 Å². The van der Waals surface area contributed by atoms with E-state index in [1.165, 1.54) is 0 Å². The van der Waals surface area contributed by atoms with Crippen LogP contribution in [0.1, 0.15) is 64.0 Å². The van der Waals surface area contributed by atoms with Crippen molar-refractivity contribution in [3.8, 4) is 11.8 Å². The predicted molar refractivity (Wildman–Crippen MR) is 127 cm³/mol. The number of hydrogen-bond donors (Lipinski definition) is 0. The van der Waals surface area contributed by atoms with E-state index in [-0.39, 0.29) is 18.9 Å². The first-order chi connectivity index (χ1) is 18.9. The molecule has 2 rings (SSSR count). The molecule has 1 aliphatic heterocycles. The van der Waals surface area contributed by atoms with Crippen molar-refractivity contribution in [2.45, 2.75) is 72.2 Å². The smallest absolute Gasteiger partial charge is 0.384 e. The first-order valence-corrected chi connectivity index (χ1v) is 12.0. The number of carbonyl (C=O) groups excluding carboxylic acids is 6. The Morgan fingerprint density at radius 2 is 1.38 bits per heavy atom. The van der Waals surface area contributed by atoms with Gasteiger partial charge in [-0.25, -0.2) is 14.3 Å². The zero-order valence-electron chi connectivity index (χ0n) is 22.7. The van der Waals surface area contributed by atoms with Gasteiger partial charge in [-0.15, -0.1) is 5.10 Å². The summed E-state index contributed by atoms with van der Waals surface area (Å²) in [6.07, 6.45) is -7.40. The zero-order chi connectivity index (χ0) is 30.0. The molecular weight excluding hydrogens is 538 g/mol. The maximum absolute atomic E-state index is 12.6. The van der Waals surface area contributed by atoms with Gasteiger partial charge in [0.25, 0.3) is 0 Å². The second-order valence-corrected chi connectivity index (χ2v) is 8.01. The van der Waals surface area contributed by atoms with E-state index in [2.05, 4.69) is 22.2 Å². The van der Waals surface area contributed by atoms with Crippen molar-refractivity contribution in [1.29, 1.82) is 0 Å². The lowest BCUT2D eigenvalue weighted by molar-refractivity contribution is -0.270. The lowest BCUT2D eigenvalue weighted by atomic mass is 9.97. The highest BCUT2D eigenvalue weighted by Gasteiger charge is 2.54. The number of esters is 6. The molecule has 1 fully saturated rings. The Hall–Kier alpha value is -4.52. The lowest BCUT2D eigenvalue weighted by Crippen LogP contribution is -2.60. The fraction of sp³-hybridized carbons (Fsp3) is 0.583. The van der Waals surface area contributed by atoms with E-state index >= 15 is 0 Å². The van der Waals surface area contributed by atoms with Gasteiger partial charge in [-0.2, -0.15) is 0 Å². The van der Waals surface area contributed by atoms with Crippen molar-refractivity contribution >= 4 is 35.8 Å². The van der Waals surface area contributed by atoms with Crippen LogP contribution in [0.3, 0.4) is 0 Å². The third-order valence-corrected chi connectivity index (χ3v) is 4.93. The third-order valence-electron chi connectivity index (χ3n) is 4.93. The number of hydrogen-bond acceptors (Lipinski definition) is 15. The summed E-state index contributed by atoms with van der Waals surface area (Å²) in [6.45, 7) is 6.92. The van der Waals surface area contributed by atoms with Crippen LogP contribution in [0.4, 0.5) is 0 Å². The summed E-state index contributed by atoms with van der Waals surface area (Å²) in [4.78, 5) is 72.2. The number of aromatic nitrogens is 3. The Kier molecular flexibility index (Phi) is 11.6. The summed E-state index contributed by atoms with van der Waals surface area (Å²) in [6, 6.07) is 0. The monoisotopic (exact) mass is 567 g/mol. The predicted octanol–water partition coefficient (Wildman–Crippen LogP) is -0.375. The highest BCUT2D eigenvalue weighted by molar-refractivity contribution is 5.92. The van der Waals surface area contributed by atoms with Crippen molar-refractivity contribution < 1.29 is 61.9 Å². The average molecular weight is 568 g/mol. The van der Waals surface area contributed by atoms with Crippen LogP contribution < -0.4 is 0 Å². The van der Waals surface area contributed by atoms with E-state index in [1.54, 1.807) is 13.8 Å². The first-order valence-electron chi connectivity index (χ1n) is 12.0. The molecule has 218 valence electrons. The Bertz CT molecular complexity index is 1200. The van der Waals surface area contributed by atoms with E-state index in [0.29, 0.717) is 0 Å². The van der Waals surface area contributed by atoms with Crippen LogP contribution in [-0.2, 0) is 57.1 Å². The number of ether oxygens (including phenoxy) is 7. The summed E-state index contributed by atoms with van der Waals surface area (Å²) in [7, 11) is 0. The van der Waals surface area contributed by atoms with Crippen LogP contribution in [0.2, 0.25) is 0 Å². The van der Waals surface area contributed by atoms with Gasteiger partial charge in [-0.3, -0.25) is 19.2 Å². The molecule has 0 bridgehead atoms. The molecule has 1 aromatic heterocycles. The average Bonchev–Trinajstić information content (AvgIpc) is 3.27. The second kappa shape index (κ2) is 14.6. The minimum absolute atomic E-state index is 0.0233. The minimum atomic E-state index is -1.57. The van der Waals surface area contributed by atoms with E-state index < -0.39 is 78.8 Å². The molecular formula is C24H29N3O13. The first kappa shape index (κ1) is 31.7. The SMILES string of the molecule is CCOC(=O)C#Cc1c(C(=O)OCC)nnn1[C@@H]1O[C@H](COC(C)=O)[C@@H](OC(C)=O)[C@H](OC(C)=O)[C@H]1OC(C)=O. The Labute approximate surface area is 228 Å². The van der Waals surface area contributed by atoms with Gasteiger partial charge in [0.1, 0.15) is 18.4 Å². The van der Waals surface area contributed by atoms with Gasteiger partial charge in [-0.05, 0) is 19.8 Å². The molecule has 0 aromatic carbocycles. The summed E-state index contributed by atoms with van der Waals surface area (Å²) >= 11 is 0. The van der Waals surface area contributed by atoms with E-state index in [1.807, 2.05) is 0 Å². The van der Waals surface area contributed by atoms with E-state index in [0.717, 1.165) is 32.4 Å². The minimum Gasteiger partial charge on any atom is -0.463 e. The molecule has 1 aliphatic rings. The highest BCUT2D eigenvalue weighted by atomic mass is 16.7. The molecule has 1 saturated heterocycles. The largest absolute Gasteiger partial charge is 0.463 e. The van der Waals surface area contributed by atoms with Gasteiger partial charge in [0, 0.05) is 33.6 Å². The Morgan fingerprint density at radius 3 is 1.93 bits per heavy atom.